The number of nitrogens with zero attached hydrogens (tertiary/aromatic N) is 1. The number of likely N-dealkylation sites (N-methyl/N-ethyl adjacent to an activating group) is 1. The quantitative estimate of drug-likeness (QED) is 0.718. The third-order valence-electron chi connectivity index (χ3n) is 3.58. The molecule has 0 heterocycles. The Morgan fingerprint density at radius 2 is 1.96 bits per heavy atom. The van der Waals surface area contributed by atoms with Gasteiger partial charge in [0, 0.05) is 38.3 Å². The average molecular weight is 330 g/mol. The van der Waals surface area contributed by atoms with Gasteiger partial charge in [-0.1, -0.05) is 24.3 Å². The van der Waals surface area contributed by atoms with E-state index in [2.05, 4.69) is 10.2 Å². The summed E-state index contributed by atoms with van der Waals surface area (Å²) in [6, 6.07) is 16.0. The third kappa shape index (κ3) is 6.28. The Kier molecular flexibility index (Phi) is 7.08. The van der Waals surface area contributed by atoms with E-state index in [9.17, 15) is 9.18 Å². The average Bonchev–Trinajstić information content (AvgIpc) is 2.59. The molecule has 2 rings (SSSR count). The highest BCUT2D eigenvalue weighted by molar-refractivity contribution is 5.75. The number of ether oxygens (including phenoxy) is 1. The van der Waals surface area contributed by atoms with E-state index in [1.807, 2.05) is 37.4 Å². The highest BCUT2D eigenvalue weighted by atomic mass is 19.1. The molecular formula is C19H23FN2O2. The molecule has 0 aliphatic heterocycles. The van der Waals surface area contributed by atoms with Crippen molar-refractivity contribution in [1.82, 2.24) is 5.32 Å². The molecule has 128 valence electrons. The molecule has 2 aromatic rings. The van der Waals surface area contributed by atoms with Crippen LogP contribution in [-0.2, 0) is 4.79 Å². The summed E-state index contributed by atoms with van der Waals surface area (Å²) in [5, 5.41) is 2.89. The minimum absolute atomic E-state index is 0.000645. The molecule has 0 unspecified atom stereocenters. The van der Waals surface area contributed by atoms with Crippen molar-refractivity contribution in [3.8, 4) is 5.75 Å². The number of hydrogen-bond acceptors (Lipinski definition) is 3. The summed E-state index contributed by atoms with van der Waals surface area (Å²) in [7, 11) is 1.99. The number of carbonyl (C=O) groups is 1. The van der Waals surface area contributed by atoms with Crippen molar-refractivity contribution in [2.45, 2.75) is 12.8 Å². The molecule has 1 N–H and O–H groups in total. The summed E-state index contributed by atoms with van der Waals surface area (Å²) in [5.41, 5.74) is 1.12. The first-order valence-electron chi connectivity index (χ1n) is 8.06. The van der Waals surface area contributed by atoms with Crippen molar-refractivity contribution < 1.29 is 13.9 Å². The number of hydrogen-bond donors (Lipinski definition) is 1. The lowest BCUT2D eigenvalue weighted by Gasteiger charge is -2.19. The monoisotopic (exact) mass is 330 g/mol. The maximum atomic E-state index is 13.0. The molecule has 5 heteroatoms. The van der Waals surface area contributed by atoms with E-state index >= 15 is 0 Å². The van der Waals surface area contributed by atoms with Crippen LogP contribution in [-0.4, -0.2) is 32.7 Å². The summed E-state index contributed by atoms with van der Waals surface area (Å²) < 4.78 is 18.4. The number of amides is 1. The number of rotatable bonds is 9. The second-order valence-corrected chi connectivity index (χ2v) is 5.52. The van der Waals surface area contributed by atoms with Gasteiger partial charge in [-0.2, -0.15) is 0 Å². The standard InChI is InChI=1S/C19H23FN2O2/c1-22(17-8-3-2-4-9-17)13-12-21-19(23)11-6-14-24-18-10-5-7-16(20)15-18/h2-5,7-10,15H,6,11-14H2,1H3,(H,21,23). The molecule has 2 aromatic carbocycles. The molecule has 0 aliphatic rings. The molecule has 4 nitrogen and oxygen atoms in total. The number of para-hydroxylation sites is 1. The van der Waals surface area contributed by atoms with Crippen LogP contribution in [0.15, 0.2) is 54.6 Å². The second kappa shape index (κ2) is 9.55. The van der Waals surface area contributed by atoms with E-state index in [1.54, 1.807) is 12.1 Å². The Morgan fingerprint density at radius 3 is 2.71 bits per heavy atom. The summed E-state index contributed by atoms with van der Waals surface area (Å²) >= 11 is 0. The molecule has 0 spiro atoms. The van der Waals surface area contributed by atoms with Gasteiger partial charge in [0.05, 0.1) is 6.61 Å². The lowest BCUT2D eigenvalue weighted by molar-refractivity contribution is -0.121. The van der Waals surface area contributed by atoms with E-state index in [0.29, 0.717) is 31.7 Å². The number of benzene rings is 2. The van der Waals surface area contributed by atoms with Crippen LogP contribution in [0.2, 0.25) is 0 Å². The molecule has 0 fully saturated rings. The number of carbonyl (C=O) groups excluding carboxylic acids is 1. The Bertz CT molecular complexity index is 634. The molecule has 1 amide bonds. The van der Waals surface area contributed by atoms with Gasteiger partial charge in [0.25, 0.3) is 0 Å². The maximum absolute atomic E-state index is 13.0. The fraction of sp³-hybridized carbons (Fsp3) is 0.316. The van der Waals surface area contributed by atoms with E-state index in [1.165, 1.54) is 12.1 Å². The molecule has 0 saturated carbocycles. The van der Waals surface area contributed by atoms with Crippen molar-refractivity contribution in [2.24, 2.45) is 0 Å². The fourth-order valence-corrected chi connectivity index (χ4v) is 2.24. The summed E-state index contributed by atoms with van der Waals surface area (Å²) in [5.74, 6) is 0.159. The molecule has 0 radical (unpaired) electrons. The van der Waals surface area contributed by atoms with Gasteiger partial charge in [0.15, 0.2) is 0 Å². The van der Waals surface area contributed by atoms with Crippen LogP contribution in [0.5, 0.6) is 5.75 Å². The zero-order valence-corrected chi connectivity index (χ0v) is 13.9. The number of anilines is 1. The second-order valence-electron chi connectivity index (χ2n) is 5.52. The van der Waals surface area contributed by atoms with Crippen LogP contribution < -0.4 is 15.0 Å². The number of halogens is 1. The van der Waals surface area contributed by atoms with Gasteiger partial charge in [-0.05, 0) is 30.7 Å². The van der Waals surface area contributed by atoms with Gasteiger partial charge in [0.2, 0.25) is 5.91 Å². The van der Waals surface area contributed by atoms with Crippen molar-refractivity contribution in [3.63, 3.8) is 0 Å². The Morgan fingerprint density at radius 1 is 1.17 bits per heavy atom. The van der Waals surface area contributed by atoms with Crippen LogP contribution in [0, 0.1) is 5.82 Å². The maximum Gasteiger partial charge on any atom is 0.220 e. The molecule has 0 bridgehead atoms. The van der Waals surface area contributed by atoms with Crippen molar-refractivity contribution in [3.05, 3.63) is 60.4 Å². The van der Waals surface area contributed by atoms with Crippen LogP contribution in [0.25, 0.3) is 0 Å². The number of nitrogens with one attached hydrogen (secondary N) is 1. The SMILES string of the molecule is CN(CCNC(=O)CCCOc1cccc(F)c1)c1ccccc1. The highest BCUT2D eigenvalue weighted by Crippen LogP contribution is 2.12. The van der Waals surface area contributed by atoms with Gasteiger partial charge >= 0.3 is 0 Å². The molecule has 0 aromatic heterocycles. The van der Waals surface area contributed by atoms with E-state index < -0.39 is 0 Å². The van der Waals surface area contributed by atoms with Crippen molar-refractivity contribution in [1.29, 1.82) is 0 Å². The zero-order valence-electron chi connectivity index (χ0n) is 13.9. The predicted molar refractivity (Wildman–Crippen MR) is 93.9 cm³/mol. The van der Waals surface area contributed by atoms with E-state index in [-0.39, 0.29) is 11.7 Å². The van der Waals surface area contributed by atoms with Crippen molar-refractivity contribution >= 4 is 11.6 Å². The van der Waals surface area contributed by atoms with E-state index in [0.717, 1.165) is 12.2 Å². The fourth-order valence-electron chi connectivity index (χ4n) is 2.24. The first-order valence-corrected chi connectivity index (χ1v) is 8.06. The van der Waals surface area contributed by atoms with Crippen LogP contribution in [0.1, 0.15) is 12.8 Å². The molecule has 0 aliphatic carbocycles. The minimum Gasteiger partial charge on any atom is -0.493 e. The first kappa shape index (κ1) is 17.8. The highest BCUT2D eigenvalue weighted by Gasteiger charge is 2.04. The summed E-state index contributed by atoms with van der Waals surface area (Å²) in [6.45, 7) is 1.73. The normalized spacial score (nSPS) is 10.2. The Balaban J connectivity index is 1.57. The Labute approximate surface area is 142 Å². The van der Waals surface area contributed by atoms with E-state index in [4.69, 9.17) is 4.74 Å². The lowest BCUT2D eigenvalue weighted by atomic mass is 10.3. The predicted octanol–water partition coefficient (Wildman–Crippen LogP) is 3.24. The smallest absolute Gasteiger partial charge is 0.220 e. The first-order chi connectivity index (χ1) is 11.6. The summed E-state index contributed by atoms with van der Waals surface area (Å²) in [6.07, 6.45) is 0.987. The van der Waals surface area contributed by atoms with Gasteiger partial charge in [-0.15, -0.1) is 0 Å². The van der Waals surface area contributed by atoms with Crippen molar-refractivity contribution in [2.75, 3.05) is 31.6 Å². The lowest BCUT2D eigenvalue weighted by Crippen LogP contribution is -2.33. The van der Waals surface area contributed by atoms with Crippen LogP contribution in [0.3, 0.4) is 0 Å². The molecular weight excluding hydrogens is 307 g/mol. The topological polar surface area (TPSA) is 41.6 Å². The molecule has 0 atom stereocenters. The Hall–Kier alpha value is -2.56. The largest absolute Gasteiger partial charge is 0.493 e. The van der Waals surface area contributed by atoms with Gasteiger partial charge in [-0.25, -0.2) is 4.39 Å². The molecule has 0 saturated heterocycles. The van der Waals surface area contributed by atoms with Crippen LogP contribution in [0.4, 0.5) is 10.1 Å². The zero-order chi connectivity index (χ0) is 17.2. The summed E-state index contributed by atoms with van der Waals surface area (Å²) in [4.78, 5) is 13.9. The van der Waals surface area contributed by atoms with Gasteiger partial charge in [0.1, 0.15) is 11.6 Å². The minimum atomic E-state index is -0.326. The molecule has 24 heavy (non-hydrogen) atoms. The van der Waals surface area contributed by atoms with Crippen LogP contribution >= 0.6 is 0 Å². The third-order valence-corrected chi connectivity index (χ3v) is 3.58. The van der Waals surface area contributed by atoms with Gasteiger partial charge in [-0.3, -0.25) is 4.79 Å². The van der Waals surface area contributed by atoms with Gasteiger partial charge < -0.3 is 15.0 Å².